The molecule has 3 rings (SSSR count). The van der Waals surface area contributed by atoms with Crippen LogP contribution < -0.4 is 5.32 Å². The highest BCUT2D eigenvalue weighted by molar-refractivity contribution is 5.76. The number of hydrogen-bond acceptors (Lipinski definition) is 5. The van der Waals surface area contributed by atoms with Crippen LogP contribution in [0, 0.1) is 12.8 Å². The molecule has 2 aliphatic rings. The number of nitrogens with zero attached hydrogens (tertiary/aromatic N) is 2. The number of carboxylic acids is 2. The summed E-state index contributed by atoms with van der Waals surface area (Å²) >= 11 is 0. The molecule has 2 atom stereocenters. The van der Waals surface area contributed by atoms with Gasteiger partial charge in [0.2, 0.25) is 0 Å². The fourth-order valence-electron chi connectivity index (χ4n) is 3.75. The lowest BCUT2D eigenvalue weighted by Gasteiger charge is -2.34. The minimum atomic E-state index is -5.08. The van der Waals surface area contributed by atoms with Crippen molar-refractivity contribution in [2.45, 2.75) is 38.6 Å². The summed E-state index contributed by atoms with van der Waals surface area (Å²) in [5, 5.41) is 19.2. The van der Waals surface area contributed by atoms with Crippen molar-refractivity contribution in [2.75, 3.05) is 39.3 Å². The van der Waals surface area contributed by atoms with Crippen LogP contribution in [0.2, 0.25) is 0 Å². The SMILES string of the molecule is Cc1ccccc1CN1CCOC(CNC(=O)N2CCCC(C(=O)O)C2)C1.O=C(O)C(F)(F)F. The fraction of sp³-hybridized carbons (Fsp3) is 0.591. The summed E-state index contributed by atoms with van der Waals surface area (Å²) in [6, 6.07) is 8.18. The highest BCUT2D eigenvalue weighted by Gasteiger charge is 2.38. The molecule has 1 aromatic rings. The number of aryl methyl sites for hydroxylation is 1. The Labute approximate surface area is 195 Å². The molecule has 0 spiro atoms. The Morgan fingerprint density at radius 3 is 2.44 bits per heavy atom. The van der Waals surface area contributed by atoms with Gasteiger partial charge in [0.15, 0.2) is 0 Å². The number of urea groups is 1. The standard InChI is InChI=1S/C20H29N3O4.C2HF3O2/c1-15-5-2-3-6-16(15)12-22-9-10-27-18(14-22)11-21-20(26)23-8-4-7-17(13-23)19(24)25;3-2(4,5)1(6)7/h2-3,5-6,17-18H,4,7-14H2,1H3,(H,21,26)(H,24,25);(H,6,7). The van der Waals surface area contributed by atoms with Crippen molar-refractivity contribution in [1.82, 2.24) is 15.1 Å². The van der Waals surface area contributed by atoms with E-state index in [0.29, 0.717) is 26.1 Å². The normalized spacial score (nSPS) is 21.2. The van der Waals surface area contributed by atoms with Crippen LogP contribution in [0.3, 0.4) is 0 Å². The van der Waals surface area contributed by atoms with Crippen molar-refractivity contribution >= 4 is 18.0 Å². The summed E-state index contributed by atoms with van der Waals surface area (Å²) in [5.74, 6) is -4.04. The van der Waals surface area contributed by atoms with Crippen molar-refractivity contribution < 1.29 is 42.5 Å². The molecule has 190 valence electrons. The maximum Gasteiger partial charge on any atom is 0.490 e. The van der Waals surface area contributed by atoms with Gasteiger partial charge < -0.3 is 25.2 Å². The lowest BCUT2D eigenvalue weighted by Crippen LogP contribution is -2.51. The van der Waals surface area contributed by atoms with Gasteiger partial charge in [-0.15, -0.1) is 0 Å². The minimum absolute atomic E-state index is 0.0493. The average Bonchev–Trinajstić information content (AvgIpc) is 2.79. The second-order valence-electron chi connectivity index (χ2n) is 8.27. The summed E-state index contributed by atoms with van der Waals surface area (Å²) in [4.78, 5) is 36.4. The quantitative estimate of drug-likeness (QED) is 0.581. The highest BCUT2D eigenvalue weighted by atomic mass is 19.4. The van der Waals surface area contributed by atoms with Crippen LogP contribution >= 0.6 is 0 Å². The largest absolute Gasteiger partial charge is 0.490 e. The number of carboxylic acid groups (broad SMARTS) is 2. The van der Waals surface area contributed by atoms with Gasteiger partial charge in [0.1, 0.15) is 0 Å². The molecule has 0 saturated carbocycles. The molecule has 0 radical (unpaired) electrons. The molecule has 2 amide bonds. The molecule has 0 aliphatic carbocycles. The third-order valence-corrected chi connectivity index (χ3v) is 5.66. The summed E-state index contributed by atoms with van der Waals surface area (Å²) in [6.45, 7) is 6.64. The van der Waals surface area contributed by atoms with Gasteiger partial charge in [0, 0.05) is 39.3 Å². The van der Waals surface area contributed by atoms with Crippen LogP contribution in [0.1, 0.15) is 24.0 Å². The van der Waals surface area contributed by atoms with Gasteiger partial charge in [0.25, 0.3) is 0 Å². The van der Waals surface area contributed by atoms with Gasteiger partial charge in [-0.3, -0.25) is 9.69 Å². The second-order valence-corrected chi connectivity index (χ2v) is 8.27. The molecule has 34 heavy (non-hydrogen) atoms. The summed E-state index contributed by atoms with van der Waals surface area (Å²) in [7, 11) is 0. The first kappa shape index (κ1) is 27.4. The number of rotatable bonds is 5. The third kappa shape index (κ3) is 8.82. The van der Waals surface area contributed by atoms with Gasteiger partial charge in [-0.25, -0.2) is 9.59 Å². The van der Waals surface area contributed by atoms with E-state index in [4.69, 9.17) is 19.7 Å². The van der Waals surface area contributed by atoms with Crippen LogP contribution in [0.25, 0.3) is 0 Å². The van der Waals surface area contributed by atoms with E-state index in [1.807, 2.05) is 6.07 Å². The number of carbonyl (C=O) groups excluding carboxylic acids is 1. The second kappa shape index (κ2) is 12.6. The Hall–Kier alpha value is -2.86. The number of amides is 2. The van der Waals surface area contributed by atoms with E-state index < -0.39 is 24.0 Å². The Morgan fingerprint density at radius 1 is 1.15 bits per heavy atom. The van der Waals surface area contributed by atoms with Crippen LogP contribution in [0.15, 0.2) is 24.3 Å². The molecular weight excluding hydrogens is 459 g/mol. The van der Waals surface area contributed by atoms with Crippen molar-refractivity contribution in [3.63, 3.8) is 0 Å². The van der Waals surface area contributed by atoms with Gasteiger partial charge in [-0.2, -0.15) is 13.2 Å². The molecule has 0 bridgehead atoms. The number of alkyl halides is 3. The van der Waals surface area contributed by atoms with E-state index in [9.17, 15) is 22.8 Å². The van der Waals surface area contributed by atoms with Crippen LogP contribution in [0.5, 0.6) is 0 Å². The molecule has 2 unspecified atom stereocenters. The van der Waals surface area contributed by atoms with Gasteiger partial charge >= 0.3 is 24.1 Å². The number of hydrogen-bond donors (Lipinski definition) is 3. The average molecular weight is 489 g/mol. The van der Waals surface area contributed by atoms with Crippen LogP contribution in [-0.4, -0.2) is 89.6 Å². The van der Waals surface area contributed by atoms with Crippen molar-refractivity contribution in [3.8, 4) is 0 Å². The van der Waals surface area contributed by atoms with Crippen LogP contribution in [0.4, 0.5) is 18.0 Å². The zero-order valence-electron chi connectivity index (χ0n) is 18.9. The van der Waals surface area contributed by atoms with Gasteiger partial charge in [-0.1, -0.05) is 24.3 Å². The maximum absolute atomic E-state index is 12.4. The molecule has 2 heterocycles. The molecule has 3 N–H and O–H groups in total. The lowest BCUT2D eigenvalue weighted by molar-refractivity contribution is -0.192. The number of aliphatic carboxylic acids is 2. The topological polar surface area (TPSA) is 119 Å². The fourth-order valence-corrected chi connectivity index (χ4v) is 3.75. The predicted octanol–water partition coefficient (Wildman–Crippen LogP) is 2.34. The number of benzene rings is 1. The Morgan fingerprint density at radius 2 is 1.82 bits per heavy atom. The molecule has 2 aliphatic heterocycles. The van der Waals surface area contributed by atoms with E-state index in [0.717, 1.165) is 26.1 Å². The Bertz CT molecular complexity index is 851. The monoisotopic (exact) mass is 489 g/mol. The van der Waals surface area contributed by atoms with Crippen LogP contribution in [-0.2, 0) is 20.9 Å². The van der Waals surface area contributed by atoms with Crippen molar-refractivity contribution in [3.05, 3.63) is 35.4 Å². The maximum atomic E-state index is 12.4. The number of piperidine rings is 1. The van der Waals surface area contributed by atoms with E-state index in [2.05, 4.69) is 35.3 Å². The molecule has 2 saturated heterocycles. The number of nitrogens with one attached hydrogen (secondary N) is 1. The summed E-state index contributed by atoms with van der Waals surface area (Å²) < 4.78 is 37.5. The summed E-state index contributed by atoms with van der Waals surface area (Å²) in [5.41, 5.74) is 2.60. The molecule has 9 nitrogen and oxygen atoms in total. The zero-order valence-corrected chi connectivity index (χ0v) is 18.9. The van der Waals surface area contributed by atoms with E-state index in [1.165, 1.54) is 11.1 Å². The first-order valence-electron chi connectivity index (χ1n) is 10.9. The first-order valence-corrected chi connectivity index (χ1v) is 10.9. The zero-order chi connectivity index (χ0) is 25.3. The predicted molar refractivity (Wildman–Crippen MR) is 115 cm³/mol. The van der Waals surface area contributed by atoms with E-state index >= 15 is 0 Å². The molecule has 2 fully saturated rings. The Kier molecular flexibility index (Phi) is 10.1. The molecular formula is C22H30F3N3O6. The number of carbonyl (C=O) groups is 3. The number of halogens is 3. The van der Waals surface area contributed by atoms with E-state index in [1.54, 1.807) is 4.90 Å². The van der Waals surface area contributed by atoms with Crippen molar-refractivity contribution in [2.24, 2.45) is 5.92 Å². The number of likely N-dealkylation sites (tertiary alicyclic amines) is 1. The first-order chi connectivity index (χ1) is 16.0. The van der Waals surface area contributed by atoms with Gasteiger partial charge in [0.05, 0.1) is 18.6 Å². The smallest absolute Gasteiger partial charge is 0.481 e. The number of morpholine rings is 1. The van der Waals surface area contributed by atoms with Crippen molar-refractivity contribution in [1.29, 1.82) is 0 Å². The third-order valence-electron chi connectivity index (χ3n) is 5.66. The molecule has 0 aromatic heterocycles. The molecule has 12 heteroatoms. The minimum Gasteiger partial charge on any atom is -0.481 e. The Balaban J connectivity index is 0.000000509. The summed E-state index contributed by atoms with van der Waals surface area (Å²) in [6.07, 6.45) is -3.76. The van der Waals surface area contributed by atoms with E-state index in [-0.39, 0.29) is 18.7 Å². The lowest BCUT2D eigenvalue weighted by atomic mass is 9.99. The molecule has 1 aromatic carbocycles. The highest BCUT2D eigenvalue weighted by Crippen LogP contribution is 2.17. The van der Waals surface area contributed by atoms with Gasteiger partial charge in [-0.05, 0) is 30.9 Å². The number of ether oxygens (including phenoxy) is 1.